The van der Waals surface area contributed by atoms with E-state index in [9.17, 15) is 14.4 Å². The van der Waals surface area contributed by atoms with Crippen molar-refractivity contribution >= 4 is 23.3 Å². The number of carboxylic acids is 1. The molecule has 0 spiro atoms. The SMILES string of the molecule is CC(=O)CC(=O)Nc1ccccc1.COc1ccc(-n2nc(C)c(C(=O)O)n2)cc1. The maximum absolute atomic E-state index is 11.1. The van der Waals surface area contributed by atoms with Gasteiger partial charge in [0.1, 0.15) is 11.5 Å². The van der Waals surface area contributed by atoms with E-state index in [0.29, 0.717) is 17.1 Å². The van der Waals surface area contributed by atoms with E-state index in [4.69, 9.17) is 9.84 Å². The second-order valence-electron chi connectivity index (χ2n) is 6.22. The normalized spacial score (nSPS) is 9.83. The fourth-order valence-corrected chi connectivity index (χ4v) is 2.36. The van der Waals surface area contributed by atoms with Crippen LogP contribution in [-0.4, -0.2) is 44.9 Å². The fraction of sp³-hybridized carbons (Fsp3) is 0.190. The van der Waals surface area contributed by atoms with E-state index in [1.807, 2.05) is 18.2 Å². The molecule has 30 heavy (non-hydrogen) atoms. The standard InChI is InChI=1S/C11H11N3O3.C10H11NO2/c1-7-10(11(15)16)13-14(12-7)8-3-5-9(17-2)6-4-8;1-8(12)7-10(13)11-9-5-3-2-4-6-9/h3-6H,1-2H3,(H,15,16);2-6H,7H2,1H3,(H,11,13). The van der Waals surface area contributed by atoms with Crippen molar-refractivity contribution in [2.45, 2.75) is 20.3 Å². The minimum absolute atomic E-state index is 0.0409. The third-order valence-electron chi connectivity index (χ3n) is 3.76. The van der Waals surface area contributed by atoms with Crippen molar-refractivity contribution in [1.29, 1.82) is 0 Å². The quantitative estimate of drug-likeness (QED) is 0.599. The molecule has 0 fully saturated rings. The van der Waals surface area contributed by atoms with Crippen LogP contribution in [0.2, 0.25) is 0 Å². The number of hydrogen-bond donors (Lipinski definition) is 2. The molecule has 1 aromatic heterocycles. The first-order chi connectivity index (χ1) is 14.3. The number of nitrogens with zero attached hydrogens (tertiary/aromatic N) is 3. The number of ether oxygens (including phenoxy) is 1. The molecule has 3 rings (SSSR count). The molecule has 0 radical (unpaired) electrons. The highest BCUT2D eigenvalue weighted by molar-refractivity contribution is 6.03. The molecule has 2 N–H and O–H groups in total. The van der Waals surface area contributed by atoms with Crippen LogP contribution in [-0.2, 0) is 9.59 Å². The van der Waals surface area contributed by atoms with Gasteiger partial charge in [-0.05, 0) is 50.2 Å². The summed E-state index contributed by atoms with van der Waals surface area (Å²) in [5.41, 5.74) is 1.74. The number of Topliss-reactive ketones (excluding diaryl/α,β-unsaturated/α-hetero) is 1. The minimum Gasteiger partial charge on any atom is -0.497 e. The van der Waals surface area contributed by atoms with Gasteiger partial charge in [-0.3, -0.25) is 9.59 Å². The average molecular weight is 410 g/mol. The number of aromatic carboxylic acids is 1. The summed E-state index contributed by atoms with van der Waals surface area (Å²) in [6.07, 6.45) is -0.0606. The second-order valence-corrected chi connectivity index (χ2v) is 6.22. The van der Waals surface area contributed by atoms with Gasteiger partial charge in [0.2, 0.25) is 5.91 Å². The van der Waals surface area contributed by atoms with Crippen LogP contribution in [0.3, 0.4) is 0 Å². The fourth-order valence-electron chi connectivity index (χ4n) is 2.36. The van der Waals surface area contributed by atoms with E-state index in [1.165, 1.54) is 11.7 Å². The summed E-state index contributed by atoms with van der Waals surface area (Å²) in [6, 6.07) is 16.1. The number of aryl methyl sites for hydroxylation is 1. The van der Waals surface area contributed by atoms with Gasteiger partial charge >= 0.3 is 5.97 Å². The van der Waals surface area contributed by atoms with Crippen LogP contribution < -0.4 is 10.1 Å². The van der Waals surface area contributed by atoms with Crippen LogP contribution >= 0.6 is 0 Å². The van der Waals surface area contributed by atoms with Crippen molar-refractivity contribution in [1.82, 2.24) is 15.0 Å². The number of aromatic nitrogens is 3. The average Bonchev–Trinajstić information content (AvgIpc) is 3.10. The monoisotopic (exact) mass is 410 g/mol. The molecule has 0 saturated carbocycles. The maximum atomic E-state index is 11.1. The van der Waals surface area contributed by atoms with E-state index in [0.717, 1.165) is 5.75 Å². The largest absolute Gasteiger partial charge is 0.497 e. The highest BCUT2D eigenvalue weighted by atomic mass is 16.5. The van der Waals surface area contributed by atoms with Gasteiger partial charge in [-0.25, -0.2) is 4.79 Å². The molecular weight excluding hydrogens is 388 g/mol. The summed E-state index contributed by atoms with van der Waals surface area (Å²) >= 11 is 0. The third kappa shape index (κ3) is 6.55. The summed E-state index contributed by atoms with van der Waals surface area (Å²) < 4.78 is 5.03. The highest BCUT2D eigenvalue weighted by Crippen LogP contribution is 2.14. The number of carboxylic acid groups (broad SMARTS) is 1. The molecule has 9 heteroatoms. The van der Waals surface area contributed by atoms with Crippen LogP contribution in [0.4, 0.5) is 5.69 Å². The Morgan fingerprint density at radius 2 is 1.67 bits per heavy atom. The number of carbonyl (C=O) groups excluding carboxylic acids is 2. The smallest absolute Gasteiger partial charge is 0.358 e. The van der Waals surface area contributed by atoms with Gasteiger partial charge < -0.3 is 15.2 Å². The summed E-state index contributed by atoms with van der Waals surface area (Å²) in [7, 11) is 1.58. The summed E-state index contributed by atoms with van der Waals surface area (Å²) in [4.78, 5) is 33.8. The Kier molecular flexibility index (Phi) is 7.81. The molecule has 1 amide bonds. The van der Waals surface area contributed by atoms with Gasteiger partial charge in [-0.15, -0.1) is 5.10 Å². The molecule has 0 bridgehead atoms. The van der Waals surface area contributed by atoms with Crippen LogP contribution in [0.25, 0.3) is 5.69 Å². The second kappa shape index (κ2) is 10.5. The zero-order valence-electron chi connectivity index (χ0n) is 16.8. The number of para-hydroxylation sites is 1. The number of carbonyl (C=O) groups is 3. The Labute approximate surface area is 173 Å². The first-order valence-corrected chi connectivity index (χ1v) is 8.96. The lowest BCUT2D eigenvalue weighted by Crippen LogP contribution is -2.14. The number of rotatable bonds is 6. The molecule has 0 atom stereocenters. The number of hydrogen-bond acceptors (Lipinski definition) is 6. The number of nitrogens with one attached hydrogen (secondary N) is 1. The first-order valence-electron chi connectivity index (χ1n) is 8.96. The highest BCUT2D eigenvalue weighted by Gasteiger charge is 2.14. The predicted octanol–water partition coefficient (Wildman–Crippen LogP) is 2.89. The van der Waals surface area contributed by atoms with Crippen LogP contribution in [0.15, 0.2) is 54.6 Å². The Bertz CT molecular complexity index is 1010. The Hall–Kier alpha value is -4.01. The van der Waals surface area contributed by atoms with E-state index < -0.39 is 5.97 Å². The molecule has 0 aliphatic heterocycles. The minimum atomic E-state index is -1.08. The van der Waals surface area contributed by atoms with Crippen molar-refractivity contribution in [2.24, 2.45) is 0 Å². The van der Waals surface area contributed by atoms with Crippen LogP contribution in [0.5, 0.6) is 5.75 Å². The number of methoxy groups -OCH3 is 1. The van der Waals surface area contributed by atoms with Gasteiger partial charge in [0.15, 0.2) is 5.69 Å². The van der Waals surface area contributed by atoms with Crippen molar-refractivity contribution < 1.29 is 24.2 Å². The molecule has 2 aromatic carbocycles. The summed E-state index contributed by atoms with van der Waals surface area (Å²) in [5.74, 6) is -0.759. The molecule has 3 aromatic rings. The lowest BCUT2D eigenvalue weighted by atomic mass is 10.2. The third-order valence-corrected chi connectivity index (χ3v) is 3.76. The van der Waals surface area contributed by atoms with Gasteiger partial charge in [0.25, 0.3) is 0 Å². The summed E-state index contributed by atoms with van der Waals surface area (Å²) in [5, 5.41) is 19.4. The van der Waals surface area contributed by atoms with Crippen LogP contribution in [0, 0.1) is 6.92 Å². The number of benzene rings is 2. The molecule has 0 unspecified atom stereocenters. The maximum Gasteiger partial charge on any atom is 0.358 e. The molecule has 156 valence electrons. The lowest BCUT2D eigenvalue weighted by Gasteiger charge is -2.01. The first kappa shape index (κ1) is 22.3. The molecule has 0 aliphatic rings. The molecule has 0 aliphatic carbocycles. The molecule has 9 nitrogen and oxygen atoms in total. The van der Waals surface area contributed by atoms with Gasteiger partial charge in [-0.2, -0.15) is 9.90 Å². The van der Waals surface area contributed by atoms with Crippen molar-refractivity contribution in [3.8, 4) is 11.4 Å². The van der Waals surface area contributed by atoms with Gasteiger partial charge in [0, 0.05) is 5.69 Å². The van der Waals surface area contributed by atoms with Gasteiger partial charge in [-0.1, -0.05) is 18.2 Å². The van der Waals surface area contributed by atoms with Crippen molar-refractivity contribution in [2.75, 3.05) is 12.4 Å². The molecular formula is C21H22N4O5. The number of ketones is 1. The predicted molar refractivity (Wildman–Crippen MR) is 110 cm³/mol. The topological polar surface area (TPSA) is 123 Å². The zero-order chi connectivity index (χ0) is 22.1. The van der Waals surface area contributed by atoms with Crippen molar-refractivity contribution in [3.63, 3.8) is 0 Å². The van der Waals surface area contributed by atoms with E-state index in [-0.39, 0.29) is 23.8 Å². The Morgan fingerprint density at radius 1 is 1.03 bits per heavy atom. The molecule has 0 saturated heterocycles. The van der Waals surface area contributed by atoms with E-state index >= 15 is 0 Å². The van der Waals surface area contributed by atoms with Crippen molar-refractivity contribution in [3.05, 3.63) is 66.0 Å². The van der Waals surface area contributed by atoms with E-state index in [2.05, 4.69) is 15.5 Å². The summed E-state index contributed by atoms with van der Waals surface area (Å²) in [6.45, 7) is 3.00. The van der Waals surface area contributed by atoms with E-state index in [1.54, 1.807) is 50.4 Å². The van der Waals surface area contributed by atoms with Gasteiger partial charge in [0.05, 0.1) is 24.9 Å². The Morgan fingerprint density at radius 3 is 2.17 bits per heavy atom. The lowest BCUT2D eigenvalue weighted by molar-refractivity contribution is -0.124. The number of anilines is 1. The van der Waals surface area contributed by atoms with Crippen LogP contribution in [0.1, 0.15) is 29.5 Å². The number of amides is 1. The zero-order valence-corrected chi connectivity index (χ0v) is 16.8. The molecule has 1 heterocycles. The Balaban J connectivity index is 0.000000222.